The van der Waals surface area contributed by atoms with Gasteiger partial charge in [-0.2, -0.15) is 0 Å². The minimum atomic E-state index is 0.239. The van der Waals surface area contributed by atoms with Crippen LogP contribution in [0.25, 0.3) is 0 Å². The van der Waals surface area contributed by atoms with E-state index in [1.165, 1.54) is 18.4 Å². The molecule has 1 N–H and O–H groups in total. The van der Waals surface area contributed by atoms with E-state index in [0.29, 0.717) is 6.04 Å². The summed E-state index contributed by atoms with van der Waals surface area (Å²) >= 11 is 0. The molecule has 1 rings (SSSR count). The van der Waals surface area contributed by atoms with Gasteiger partial charge in [0.25, 0.3) is 0 Å². The van der Waals surface area contributed by atoms with E-state index in [2.05, 4.69) is 70.3 Å². The highest BCUT2D eigenvalue weighted by Gasteiger charge is 2.22. The van der Waals surface area contributed by atoms with E-state index in [-0.39, 0.29) is 5.41 Å². The third-order valence-electron chi connectivity index (χ3n) is 3.88. The van der Waals surface area contributed by atoms with Crippen LogP contribution in [0.5, 0.6) is 0 Å². The Hall–Kier alpha value is -0.820. The standard InChI is InChI=1S/C17H29N/c1-6-14(2)13-18-15(3)12-17(4,5)16-10-8-7-9-11-16/h7-11,14-15,18H,6,12-13H2,1-5H3. The Morgan fingerprint density at radius 3 is 2.28 bits per heavy atom. The highest BCUT2D eigenvalue weighted by molar-refractivity contribution is 5.23. The summed E-state index contributed by atoms with van der Waals surface area (Å²) in [6.07, 6.45) is 2.43. The first kappa shape index (κ1) is 15.2. The Balaban J connectivity index is 2.50. The molecule has 0 spiro atoms. The zero-order valence-electron chi connectivity index (χ0n) is 12.7. The molecule has 0 aliphatic rings. The van der Waals surface area contributed by atoms with E-state index >= 15 is 0 Å². The van der Waals surface area contributed by atoms with Gasteiger partial charge >= 0.3 is 0 Å². The quantitative estimate of drug-likeness (QED) is 0.754. The average Bonchev–Trinajstić information content (AvgIpc) is 2.36. The van der Waals surface area contributed by atoms with Crippen molar-refractivity contribution in [3.8, 4) is 0 Å². The lowest BCUT2D eigenvalue weighted by atomic mass is 9.79. The maximum atomic E-state index is 3.66. The molecule has 0 bridgehead atoms. The summed E-state index contributed by atoms with van der Waals surface area (Å²) < 4.78 is 0. The second-order valence-corrected chi connectivity index (χ2v) is 6.28. The van der Waals surface area contributed by atoms with Gasteiger partial charge in [-0.15, -0.1) is 0 Å². The monoisotopic (exact) mass is 247 g/mol. The first-order valence-electron chi connectivity index (χ1n) is 7.24. The van der Waals surface area contributed by atoms with Crippen molar-refractivity contribution >= 4 is 0 Å². The molecule has 0 fully saturated rings. The second kappa shape index (κ2) is 6.94. The topological polar surface area (TPSA) is 12.0 Å². The van der Waals surface area contributed by atoms with E-state index < -0.39 is 0 Å². The van der Waals surface area contributed by atoms with Crippen LogP contribution in [0, 0.1) is 5.92 Å². The lowest BCUT2D eigenvalue weighted by Gasteiger charge is -2.29. The molecule has 0 aliphatic heterocycles. The smallest absolute Gasteiger partial charge is 0.00471 e. The number of nitrogens with one attached hydrogen (secondary N) is 1. The van der Waals surface area contributed by atoms with Gasteiger partial charge in [0.15, 0.2) is 0 Å². The van der Waals surface area contributed by atoms with Gasteiger partial charge in [-0.05, 0) is 36.8 Å². The van der Waals surface area contributed by atoms with E-state index in [9.17, 15) is 0 Å². The highest BCUT2D eigenvalue weighted by Crippen LogP contribution is 2.28. The maximum Gasteiger partial charge on any atom is 0.00471 e. The molecular weight excluding hydrogens is 218 g/mol. The molecule has 2 atom stereocenters. The van der Waals surface area contributed by atoms with Crippen LogP contribution < -0.4 is 5.32 Å². The minimum absolute atomic E-state index is 0.239. The summed E-state index contributed by atoms with van der Waals surface area (Å²) in [4.78, 5) is 0. The maximum absolute atomic E-state index is 3.66. The van der Waals surface area contributed by atoms with Gasteiger partial charge in [-0.25, -0.2) is 0 Å². The van der Waals surface area contributed by atoms with Crippen molar-refractivity contribution < 1.29 is 0 Å². The molecule has 0 radical (unpaired) electrons. The molecule has 2 unspecified atom stereocenters. The first-order valence-corrected chi connectivity index (χ1v) is 7.24. The fraction of sp³-hybridized carbons (Fsp3) is 0.647. The molecule has 0 amide bonds. The molecule has 1 heteroatoms. The average molecular weight is 247 g/mol. The molecule has 0 heterocycles. The van der Waals surface area contributed by atoms with Crippen molar-refractivity contribution in [1.29, 1.82) is 0 Å². The van der Waals surface area contributed by atoms with Gasteiger partial charge in [-0.3, -0.25) is 0 Å². The van der Waals surface area contributed by atoms with Gasteiger partial charge in [0, 0.05) is 6.04 Å². The van der Waals surface area contributed by atoms with E-state index in [0.717, 1.165) is 12.5 Å². The molecular formula is C17H29N. The SMILES string of the molecule is CCC(C)CNC(C)CC(C)(C)c1ccccc1. The van der Waals surface area contributed by atoms with Crippen LogP contribution in [0.4, 0.5) is 0 Å². The molecule has 1 aromatic carbocycles. The van der Waals surface area contributed by atoms with Crippen LogP contribution in [0.2, 0.25) is 0 Å². The van der Waals surface area contributed by atoms with Crippen molar-refractivity contribution in [1.82, 2.24) is 5.32 Å². The summed E-state index contributed by atoms with van der Waals surface area (Å²) in [5, 5.41) is 3.66. The zero-order valence-corrected chi connectivity index (χ0v) is 12.7. The summed E-state index contributed by atoms with van der Waals surface area (Å²) in [6, 6.07) is 11.4. The van der Waals surface area contributed by atoms with Gasteiger partial charge in [-0.1, -0.05) is 64.4 Å². The van der Waals surface area contributed by atoms with E-state index in [4.69, 9.17) is 0 Å². The minimum Gasteiger partial charge on any atom is -0.314 e. The fourth-order valence-electron chi connectivity index (χ4n) is 2.39. The molecule has 1 aromatic rings. The van der Waals surface area contributed by atoms with Crippen LogP contribution in [-0.2, 0) is 5.41 Å². The molecule has 0 aliphatic carbocycles. The number of hydrogen-bond donors (Lipinski definition) is 1. The molecule has 0 aromatic heterocycles. The molecule has 102 valence electrons. The predicted octanol–water partition coefficient (Wildman–Crippen LogP) is 4.38. The van der Waals surface area contributed by atoms with Gasteiger partial charge < -0.3 is 5.32 Å². The second-order valence-electron chi connectivity index (χ2n) is 6.28. The third kappa shape index (κ3) is 4.81. The summed E-state index contributed by atoms with van der Waals surface area (Å²) in [6.45, 7) is 12.7. The Kier molecular flexibility index (Phi) is 5.87. The largest absolute Gasteiger partial charge is 0.314 e. The molecule has 18 heavy (non-hydrogen) atoms. The highest BCUT2D eigenvalue weighted by atomic mass is 14.9. The van der Waals surface area contributed by atoms with Crippen LogP contribution in [0.3, 0.4) is 0 Å². The Labute approximate surface area is 113 Å². The number of rotatable bonds is 7. The predicted molar refractivity (Wildman–Crippen MR) is 81.0 cm³/mol. The lowest BCUT2D eigenvalue weighted by Crippen LogP contribution is -2.35. The number of benzene rings is 1. The van der Waals surface area contributed by atoms with Crippen LogP contribution >= 0.6 is 0 Å². The van der Waals surface area contributed by atoms with Crippen molar-refractivity contribution in [2.75, 3.05) is 6.54 Å². The van der Waals surface area contributed by atoms with Crippen molar-refractivity contribution in [2.45, 2.75) is 58.9 Å². The van der Waals surface area contributed by atoms with Gasteiger partial charge in [0.05, 0.1) is 0 Å². The summed E-state index contributed by atoms with van der Waals surface area (Å²) in [5.74, 6) is 0.771. The third-order valence-corrected chi connectivity index (χ3v) is 3.88. The van der Waals surface area contributed by atoms with Gasteiger partial charge in [0.2, 0.25) is 0 Å². The molecule has 0 saturated carbocycles. The van der Waals surface area contributed by atoms with Crippen molar-refractivity contribution in [3.63, 3.8) is 0 Å². The fourth-order valence-corrected chi connectivity index (χ4v) is 2.39. The Bertz CT molecular complexity index is 329. The molecule has 0 saturated heterocycles. The van der Waals surface area contributed by atoms with Crippen molar-refractivity contribution in [2.24, 2.45) is 5.92 Å². The zero-order chi connectivity index (χ0) is 13.6. The van der Waals surface area contributed by atoms with Crippen LogP contribution in [0.1, 0.15) is 53.0 Å². The summed E-state index contributed by atoms with van der Waals surface area (Å²) in [5.41, 5.74) is 1.67. The molecule has 1 nitrogen and oxygen atoms in total. The lowest BCUT2D eigenvalue weighted by molar-refractivity contribution is 0.367. The Morgan fingerprint density at radius 2 is 1.72 bits per heavy atom. The normalized spacial score (nSPS) is 15.4. The summed E-state index contributed by atoms with van der Waals surface area (Å²) in [7, 11) is 0. The van der Waals surface area contributed by atoms with Crippen LogP contribution in [0.15, 0.2) is 30.3 Å². The van der Waals surface area contributed by atoms with E-state index in [1.54, 1.807) is 0 Å². The Morgan fingerprint density at radius 1 is 1.11 bits per heavy atom. The first-order chi connectivity index (χ1) is 8.45. The van der Waals surface area contributed by atoms with Crippen molar-refractivity contribution in [3.05, 3.63) is 35.9 Å². The van der Waals surface area contributed by atoms with Crippen LogP contribution in [-0.4, -0.2) is 12.6 Å². The number of hydrogen-bond acceptors (Lipinski definition) is 1. The van der Waals surface area contributed by atoms with E-state index in [1.807, 2.05) is 0 Å². The van der Waals surface area contributed by atoms with Gasteiger partial charge in [0.1, 0.15) is 0 Å².